The van der Waals surface area contributed by atoms with E-state index in [0.717, 1.165) is 15.9 Å². The molecule has 3 heterocycles. The van der Waals surface area contributed by atoms with E-state index >= 15 is 0 Å². The van der Waals surface area contributed by atoms with Crippen molar-refractivity contribution in [3.8, 4) is 0 Å². The van der Waals surface area contributed by atoms with Gasteiger partial charge in [0.25, 0.3) is 11.5 Å². The van der Waals surface area contributed by atoms with Crippen molar-refractivity contribution in [2.45, 2.75) is 6.54 Å². The van der Waals surface area contributed by atoms with Gasteiger partial charge in [-0.15, -0.1) is 11.3 Å². The number of carboxylic acid groups (broad SMARTS) is 1. The van der Waals surface area contributed by atoms with Crippen molar-refractivity contribution in [1.29, 1.82) is 0 Å². The molecule has 1 aliphatic heterocycles. The number of hydrogen-bond acceptors (Lipinski definition) is 6. The molecule has 1 aromatic carbocycles. The summed E-state index contributed by atoms with van der Waals surface area (Å²) >= 11 is 0.878. The Morgan fingerprint density at radius 3 is 2.63 bits per heavy atom. The summed E-state index contributed by atoms with van der Waals surface area (Å²) in [4.78, 5) is 51.1. The van der Waals surface area contributed by atoms with Crippen LogP contribution in [0.4, 0.5) is 0 Å². The SMILES string of the molecule is [3H]C1COCCN1C(=O)c1ccc(Cn2c(=O)c3cc(C(=O)O)sc3n(C)c2=O)cc1. The number of fused-ring (bicyclic) bond motifs is 1. The lowest BCUT2D eigenvalue weighted by molar-refractivity contribution is 0.0303. The summed E-state index contributed by atoms with van der Waals surface area (Å²) in [5.74, 6) is -1.43. The maximum Gasteiger partial charge on any atom is 0.345 e. The molecule has 1 unspecified atom stereocenters. The van der Waals surface area contributed by atoms with Gasteiger partial charge in [-0.05, 0) is 23.8 Å². The third-order valence-corrected chi connectivity index (χ3v) is 6.11. The Morgan fingerprint density at radius 2 is 1.97 bits per heavy atom. The molecular weight excluding hydrogens is 410 g/mol. The summed E-state index contributed by atoms with van der Waals surface area (Å²) in [5.41, 5.74) is -0.0788. The van der Waals surface area contributed by atoms with E-state index in [4.69, 9.17) is 6.11 Å². The Morgan fingerprint density at radius 1 is 1.23 bits per heavy atom. The summed E-state index contributed by atoms with van der Waals surface area (Å²) in [5, 5.41) is 9.36. The third kappa shape index (κ3) is 3.55. The fourth-order valence-electron chi connectivity index (χ4n) is 3.29. The molecule has 1 aliphatic rings. The number of rotatable bonds is 4. The lowest BCUT2D eigenvalue weighted by Gasteiger charge is -2.26. The number of aromatic carboxylic acids is 1. The van der Waals surface area contributed by atoms with Crippen LogP contribution in [0.2, 0.25) is 0 Å². The fraction of sp³-hybridized carbons (Fsp3) is 0.300. The Hall–Kier alpha value is -3.24. The molecule has 1 N–H and O–H groups in total. The number of amides is 1. The highest BCUT2D eigenvalue weighted by atomic mass is 32.1. The van der Waals surface area contributed by atoms with Crippen molar-refractivity contribution in [3.63, 3.8) is 0 Å². The highest BCUT2D eigenvalue weighted by Gasteiger charge is 2.19. The molecule has 0 saturated carbocycles. The number of nitrogens with zero attached hydrogens (tertiary/aromatic N) is 3. The summed E-state index contributed by atoms with van der Waals surface area (Å²) < 4.78 is 15.4. The molecular formula is C20H19N3O6S. The standard InChI is InChI=1S/C20H19N3O6S/c1-21-18-14(10-15(30-18)19(26)27)17(25)23(20(21)28)11-12-2-4-13(5-3-12)16(24)22-6-8-29-9-7-22/h2-5,10H,6-9,11H2,1H3,(H,26,27)/i6T. The normalized spacial score (nSPS) is 17.2. The molecule has 2 aromatic heterocycles. The lowest BCUT2D eigenvalue weighted by Crippen LogP contribution is -2.40. The van der Waals surface area contributed by atoms with Crippen LogP contribution in [0.25, 0.3) is 10.2 Å². The number of thiophene rings is 1. The zero-order valence-corrected chi connectivity index (χ0v) is 16.8. The molecule has 0 radical (unpaired) electrons. The molecule has 0 aliphatic carbocycles. The second kappa shape index (κ2) is 7.88. The number of carbonyl (C=O) groups excluding carboxylic acids is 1. The molecule has 4 rings (SSSR count). The van der Waals surface area contributed by atoms with Crippen LogP contribution in [0.1, 0.15) is 27.0 Å². The molecule has 1 fully saturated rings. The number of carboxylic acids is 1. The van der Waals surface area contributed by atoms with Gasteiger partial charge >= 0.3 is 11.7 Å². The van der Waals surface area contributed by atoms with Gasteiger partial charge in [-0.2, -0.15) is 0 Å². The van der Waals surface area contributed by atoms with E-state index in [0.29, 0.717) is 29.1 Å². The number of aryl methyl sites for hydroxylation is 1. The number of carbonyl (C=O) groups is 2. The first-order valence-corrected chi connectivity index (χ1v) is 9.96. The molecule has 30 heavy (non-hydrogen) atoms. The minimum Gasteiger partial charge on any atom is -0.477 e. The van der Waals surface area contributed by atoms with Crippen LogP contribution >= 0.6 is 11.3 Å². The molecule has 1 atom stereocenters. The quantitative estimate of drug-likeness (QED) is 0.659. The van der Waals surface area contributed by atoms with E-state index in [9.17, 15) is 24.3 Å². The van der Waals surface area contributed by atoms with Crippen molar-refractivity contribution in [1.82, 2.24) is 14.0 Å². The second-order valence-corrected chi connectivity index (χ2v) is 7.85. The lowest BCUT2D eigenvalue weighted by atomic mass is 10.1. The van der Waals surface area contributed by atoms with E-state index in [1.165, 1.54) is 22.6 Å². The van der Waals surface area contributed by atoms with Gasteiger partial charge in [0.05, 0.1) is 26.5 Å². The molecule has 1 saturated heterocycles. The Kier molecular flexibility index (Phi) is 4.93. The monoisotopic (exact) mass is 431 g/mol. The largest absolute Gasteiger partial charge is 0.477 e. The van der Waals surface area contributed by atoms with Gasteiger partial charge in [-0.25, -0.2) is 9.59 Å². The van der Waals surface area contributed by atoms with Gasteiger partial charge in [-0.1, -0.05) is 12.1 Å². The minimum absolute atomic E-state index is 0.0153. The molecule has 156 valence electrons. The van der Waals surface area contributed by atoms with Crippen LogP contribution in [-0.4, -0.2) is 57.3 Å². The summed E-state index contributed by atoms with van der Waals surface area (Å²) in [7, 11) is 1.49. The van der Waals surface area contributed by atoms with Crippen LogP contribution in [-0.2, 0) is 18.3 Å². The maximum absolute atomic E-state index is 12.8. The van der Waals surface area contributed by atoms with E-state index in [1.54, 1.807) is 24.3 Å². The van der Waals surface area contributed by atoms with Gasteiger partial charge in [0.2, 0.25) is 0 Å². The van der Waals surface area contributed by atoms with Gasteiger partial charge in [-0.3, -0.25) is 18.7 Å². The van der Waals surface area contributed by atoms with Crippen molar-refractivity contribution < 1.29 is 20.8 Å². The van der Waals surface area contributed by atoms with Gasteiger partial charge in [0, 0.05) is 25.7 Å². The Bertz CT molecular complexity index is 1290. The Balaban J connectivity index is 1.64. The second-order valence-electron chi connectivity index (χ2n) is 6.82. The molecule has 10 heteroatoms. The molecule has 0 bridgehead atoms. The van der Waals surface area contributed by atoms with Crippen molar-refractivity contribution >= 4 is 33.4 Å². The number of ether oxygens (including phenoxy) is 1. The van der Waals surface area contributed by atoms with E-state index < -0.39 is 23.7 Å². The number of benzene rings is 1. The van der Waals surface area contributed by atoms with Crippen LogP contribution in [0, 0.1) is 0 Å². The van der Waals surface area contributed by atoms with E-state index in [2.05, 4.69) is 0 Å². The third-order valence-electron chi connectivity index (χ3n) is 4.91. The predicted octanol–water partition coefficient (Wildman–Crippen LogP) is 0.981. The van der Waals surface area contributed by atoms with Crippen molar-refractivity contribution in [2.75, 3.05) is 26.3 Å². The average Bonchev–Trinajstić information content (AvgIpc) is 3.22. The van der Waals surface area contributed by atoms with Crippen molar-refractivity contribution in [3.05, 3.63) is 67.2 Å². The first-order valence-electron chi connectivity index (χ1n) is 9.72. The van der Waals surface area contributed by atoms with Crippen LogP contribution < -0.4 is 11.2 Å². The fourth-order valence-corrected chi connectivity index (χ4v) is 4.24. The Labute approximate surface area is 175 Å². The first kappa shape index (κ1) is 18.8. The smallest absolute Gasteiger partial charge is 0.345 e. The topological polar surface area (TPSA) is 111 Å². The number of morpholine rings is 1. The summed E-state index contributed by atoms with van der Waals surface area (Å²) in [6.45, 7) is 0.132. The van der Waals surface area contributed by atoms with Crippen LogP contribution in [0.3, 0.4) is 0 Å². The zero-order chi connectivity index (χ0) is 22.3. The number of hydrogen-bond donors (Lipinski definition) is 1. The maximum atomic E-state index is 12.8. The van der Waals surface area contributed by atoms with Gasteiger partial charge in [0.1, 0.15) is 9.71 Å². The first-order chi connectivity index (χ1) is 14.8. The zero-order valence-electron chi connectivity index (χ0n) is 17.0. The van der Waals surface area contributed by atoms with Gasteiger partial charge in [0.15, 0.2) is 0 Å². The van der Waals surface area contributed by atoms with E-state index in [-0.39, 0.29) is 29.3 Å². The average molecular weight is 431 g/mol. The molecule has 1 amide bonds. The van der Waals surface area contributed by atoms with Gasteiger partial charge < -0.3 is 14.7 Å². The highest BCUT2D eigenvalue weighted by molar-refractivity contribution is 7.20. The summed E-state index contributed by atoms with van der Waals surface area (Å²) in [6, 6.07) is 7.78. The molecule has 9 nitrogen and oxygen atoms in total. The minimum atomic E-state index is -1.16. The van der Waals surface area contributed by atoms with Crippen LogP contribution in [0.15, 0.2) is 39.9 Å². The molecule has 0 spiro atoms. The van der Waals surface area contributed by atoms with Crippen molar-refractivity contribution in [2.24, 2.45) is 7.05 Å². The number of aromatic nitrogens is 2. The molecule has 3 aromatic rings. The summed E-state index contributed by atoms with van der Waals surface area (Å²) in [6.07, 6.45) is 0. The highest BCUT2D eigenvalue weighted by Crippen LogP contribution is 2.21. The van der Waals surface area contributed by atoms with E-state index in [1.807, 2.05) is 0 Å². The predicted molar refractivity (Wildman–Crippen MR) is 111 cm³/mol. The van der Waals surface area contributed by atoms with Crippen LogP contribution in [0.5, 0.6) is 0 Å².